The SMILES string of the molecule is COc1ccc(-c2ccc(Cl)c3c2CCNC3)cc1. The molecule has 98 valence electrons. The molecule has 2 nitrogen and oxygen atoms in total. The number of halogens is 1. The van der Waals surface area contributed by atoms with Crippen LogP contribution in [-0.2, 0) is 13.0 Å². The van der Waals surface area contributed by atoms with E-state index in [0.29, 0.717) is 0 Å². The van der Waals surface area contributed by atoms with E-state index in [0.717, 1.165) is 30.3 Å². The summed E-state index contributed by atoms with van der Waals surface area (Å²) in [6.07, 6.45) is 1.03. The number of rotatable bonds is 2. The Hall–Kier alpha value is -1.51. The molecule has 0 aromatic heterocycles. The fourth-order valence-corrected chi connectivity index (χ4v) is 2.85. The first-order chi connectivity index (χ1) is 9.29. The number of benzene rings is 2. The van der Waals surface area contributed by atoms with E-state index >= 15 is 0 Å². The third-order valence-corrected chi connectivity index (χ3v) is 3.98. The van der Waals surface area contributed by atoms with Gasteiger partial charge in [-0.15, -0.1) is 0 Å². The summed E-state index contributed by atoms with van der Waals surface area (Å²) < 4.78 is 5.21. The van der Waals surface area contributed by atoms with Gasteiger partial charge in [-0.25, -0.2) is 0 Å². The van der Waals surface area contributed by atoms with Gasteiger partial charge in [-0.05, 0) is 53.4 Å². The van der Waals surface area contributed by atoms with Crippen molar-refractivity contribution in [2.24, 2.45) is 0 Å². The molecule has 19 heavy (non-hydrogen) atoms. The molecule has 1 aliphatic heterocycles. The monoisotopic (exact) mass is 273 g/mol. The maximum atomic E-state index is 6.29. The summed E-state index contributed by atoms with van der Waals surface area (Å²) in [5, 5.41) is 4.23. The topological polar surface area (TPSA) is 21.3 Å². The van der Waals surface area contributed by atoms with Gasteiger partial charge >= 0.3 is 0 Å². The van der Waals surface area contributed by atoms with Crippen LogP contribution in [0.3, 0.4) is 0 Å². The van der Waals surface area contributed by atoms with Gasteiger partial charge in [-0.1, -0.05) is 29.8 Å². The predicted octanol–water partition coefficient (Wildman–Crippen LogP) is 3.66. The molecule has 0 bridgehead atoms. The molecule has 0 saturated heterocycles. The van der Waals surface area contributed by atoms with Crippen LogP contribution in [0.25, 0.3) is 11.1 Å². The molecule has 0 aliphatic carbocycles. The van der Waals surface area contributed by atoms with Crippen molar-refractivity contribution >= 4 is 11.6 Å². The second kappa shape index (κ2) is 5.24. The van der Waals surface area contributed by atoms with E-state index in [-0.39, 0.29) is 0 Å². The van der Waals surface area contributed by atoms with Gasteiger partial charge in [0.1, 0.15) is 5.75 Å². The van der Waals surface area contributed by atoms with E-state index < -0.39 is 0 Å². The highest BCUT2D eigenvalue weighted by atomic mass is 35.5. The molecule has 0 radical (unpaired) electrons. The van der Waals surface area contributed by atoms with E-state index in [1.54, 1.807) is 7.11 Å². The second-order valence-corrected chi connectivity index (χ2v) is 5.11. The highest BCUT2D eigenvalue weighted by Gasteiger charge is 2.16. The van der Waals surface area contributed by atoms with Crippen molar-refractivity contribution in [3.63, 3.8) is 0 Å². The van der Waals surface area contributed by atoms with Crippen LogP contribution in [0, 0.1) is 0 Å². The van der Waals surface area contributed by atoms with E-state index in [1.165, 1.54) is 22.3 Å². The van der Waals surface area contributed by atoms with Gasteiger partial charge in [0.2, 0.25) is 0 Å². The quantitative estimate of drug-likeness (QED) is 0.902. The molecule has 0 amide bonds. The molecule has 2 aromatic rings. The second-order valence-electron chi connectivity index (χ2n) is 4.71. The summed E-state index contributed by atoms with van der Waals surface area (Å²) in [5.74, 6) is 0.883. The lowest BCUT2D eigenvalue weighted by Crippen LogP contribution is -2.24. The van der Waals surface area contributed by atoms with Crippen molar-refractivity contribution in [3.8, 4) is 16.9 Å². The van der Waals surface area contributed by atoms with Crippen LogP contribution in [-0.4, -0.2) is 13.7 Å². The number of nitrogens with one attached hydrogen (secondary N) is 1. The third-order valence-electron chi connectivity index (χ3n) is 3.63. The van der Waals surface area contributed by atoms with Crippen molar-refractivity contribution in [1.82, 2.24) is 5.32 Å². The first kappa shape index (κ1) is 12.5. The van der Waals surface area contributed by atoms with Crippen molar-refractivity contribution in [1.29, 1.82) is 0 Å². The summed E-state index contributed by atoms with van der Waals surface area (Å²) in [6.45, 7) is 1.87. The van der Waals surface area contributed by atoms with Crippen LogP contribution in [0.2, 0.25) is 5.02 Å². The summed E-state index contributed by atoms with van der Waals surface area (Å²) in [4.78, 5) is 0. The van der Waals surface area contributed by atoms with Crippen molar-refractivity contribution in [2.45, 2.75) is 13.0 Å². The lowest BCUT2D eigenvalue weighted by molar-refractivity contribution is 0.415. The predicted molar refractivity (Wildman–Crippen MR) is 78.9 cm³/mol. The number of hydrogen-bond donors (Lipinski definition) is 1. The Kier molecular flexibility index (Phi) is 3.45. The zero-order chi connectivity index (χ0) is 13.2. The van der Waals surface area contributed by atoms with Crippen LogP contribution in [0.5, 0.6) is 5.75 Å². The molecule has 0 spiro atoms. The van der Waals surface area contributed by atoms with Gasteiger partial charge in [0, 0.05) is 11.6 Å². The number of fused-ring (bicyclic) bond motifs is 1. The van der Waals surface area contributed by atoms with Crippen molar-refractivity contribution in [2.75, 3.05) is 13.7 Å². The maximum Gasteiger partial charge on any atom is 0.118 e. The Balaban J connectivity index is 2.09. The normalized spacial score (nSPS) is 14.0. The minimum atomic E-state index is 0.859. The van der Waals surface area contributed by atoms with Gasteiger partial charge in [-0.3, -0.25) is 0 Å². The van der Waals surface area contributed by atoms with Crippen molar-refractivity contribution in [3.05, 3.63) is 52.5 Å². The lowest BCUT2D eigenvalue weighted by atomic mass is 9.91. The van der Waals surface area contributed by atoms with Crippen LogP contribution < -0.4 is 10.1 Å². The number of ether oxygens (including phenoxy) is 1. The molecule has 3 heteroatoms. The first-order valence-electron chi connectivity index (χ1n) is 6.45. The summed E-state index contributed by atoms with van der Waals surface area (Å²) >= 11 is 6.29. The standard InChI is InChI=1S/C16H16ClNO/c1-19-12-4-2-11(3-5-12)13-6-7-16(17)15-10-18-9-8-14(13)15/h2-7,18H,8-10H2,1H3. The van der Waals surface area contributed by atoms with Crippen LogP contribution in [0.1, 0.15) is 11.1 Å². The lowest BCUT2D eigenvalue weighted by Gasteiger charge is -2.22. The Bertz CT molecular complexity index is 592. The fraction of sp³-hybridized carbons (Fsp3) is 0.250. The average molecular weight is 274 g/mol. The third kappa shape index (κ3) is 2.34. The zero-order valence-electron chi connectivity index (χ0n) is 10.9. The van der Waals surface area contributed by atoms with E-state index in [9.17, 15) is 0 Å². The molecule has 1 aliphatic rings. The Morgan fingerprint density at radius 3 is 2.58 bits per heavy atom. The van der Waals surface area contributed by atoms with Crippen LogP contribution in [0.15, 0.2) is 36.4 Å². The fourth-order valence-electron chi connectivity index (χ4n) is 2.61. The van der Waals surface area contributed by atoms with Gasteiger partial charge in [-0.2, -0.15) is 0 Å². The smallest absolute Gasteiger partial charge is 0.118 e. The van der Waals surface area contributed by atoms with Gasteiger partial charge in [0.15, 0.2) is 0 Å². The number of hydrogen-bond acceptors (Lipinski definition) is 2. The Morgan fingerprint density at radius 2 is 1.84 bits per heavy atom. The summed E-state index contributed by atoms with van der Waals surface area (Å²) in [6, 6.07) is 12.3. The van der Waals surface area contributed by atoms with E-state index in [1.807, 2.05) is 18.2 Å². The Morgan fingerprint density at radius 1 is 1.05 bits per heavy atom. The summed E-state index contributed by atoms with van der Waals surface area (Å²) in [7, 11) is 1.69. The highest BCUT2D eigenvalue weighted by Crippen LogP contribution is 2.33. The molecule has 0 fully saturated rings. The van der Waals surface area contributed by atoms with Crippen LogP contribution >= 0.6 is 11.6 Å². The zero-order valence-corrected chi connectivity index (χ0v) is 11.6. The molecular weight excluding hydrogens is 258 g/mol. The molecule has 0 atom stereocenters. The number of methoxy groups -OCH3 is 1. The maximum absolute atomic E-state index is 6.29. The highest BCUT2D eigenvalue weighted by molar-refractivity contribution is 6.31. The van der Waals surface area contributed by atoms with Crippen molar-refractivity contribution < 1.29 is 4.74 Å². The molecule has 3 rings (SSSR count). The molecule has 2 aromatic carbocycles. The average Bonchev–Trinajstić information content (AvgIpc) is 2.48. The first-order valence-corrected chi connectivity index (χ1v) is 6.83. The summed E-state index contributed by atoms with van der Waals surface area (Å²) in [5.41, 5.74) is 5.11. The largest absolute Gasteiger partial charge is 0.497 e. The van der Waals surface area contributed by atoms with Gasteiger partial charge in [0.05, 0.1) is 7.11 Å². The Labute approximate surface area is 118 Å². The van der Waals surface area contributed by atoms with E-state index in [4.69, 9.17) is 16.3 Å². The van der Waals surface area contributed by atoms with Crippen LogP contribution in [0.4, 0.5) is 0 Å². The molecule has 1 N–H and O–H groups in total. The minimum Gasteiger partial charge on any atom is -0.497 e. The minimum absolute atomic E-state index is 0.859. The van der Waals surface area contributed by atoms with Gasteiger partial charge in [0.25, 0.3) is 0 Å². The van der Waals surface area contributed by atoms with Gasteiger partial charge < -0.3 is 10.1 Å². The van der Waals surface area contributed by atoms with E-state index in [2.05, 4.69) is 23.5 Å². The molecule has 1 heterocycles. The molecule has 0 unspecified atom stereocenters. The molecule has 0 saturated carbocycles. The molecular formula is C16H16ClNO.